The molecular weight excluding hydrogens is 356 g/mol. The first-order valence-corrected chi connectivity index (χ1v) is 9.44. The third-order valence-corrected chi connectivity index (χ3v) is 4.84. The Morgan fingerprint density at radius 1 is 1.21 bits per heavy atom. The van der Waals surface area contributed by atoms with Gasteiger partial charge < -0.3 is 15.0 Å². The van der Waals surface area contributed by atoms with Crippen LogP contribution in [-0.2, 0) is 0 Å². The number of aromatic nitrogens is 4. The predicted octanol–water partition coefficient (Wildman–Crippen LogP) is 2.54. The van der Waals surface area contributed by atoms with Gasteiger partial charge in [-0.15, -0.1) is 0 Å². The van der Waals surface area contributed by atoms with Crippen molar-refractivity contribution in [1.29, 1.82) is 0 Å². The summed E-state index contributed by atoms with van der Waals surface area (Å²) in [4.78, 5) is 31.7. The predicted molar refractivity (Wildman–Crippen MR) is 105 cm³/mol. The van der Waals surface area contributed by atoms with E-state index < -0.39 is 0 Å². The molecule has 1 fully saturated rings. The smallest absolute Gasteiger partial charge is 0.254 e. The molecule has 28 heavy (non-hydrogen) atoms. The first-order valence-electron chi connectivity index (χ1n) is 9.44. The lowest BCUT2D eigenvalue weighted by Crippen LogP contribution is -2.42. The van der Waals surface area contributed by atoms with E-state index in [0.29, 0.717) is 31.1 Å². The second-order valence-corrected chi connectivity index (χ2v) is 6.64. The van der Waals surface area contributed by atoms with E-state index in [1.54, 1.807) is 30.7 Å². The highest BCUT2D eigenvalue weighted by molar-refractivity contribution is 6.05. The Morgan fingerprint density at radius 2 is 2.07 bits per heavy atom. The number of anilines is 1. The zero-order valence-electron chi connectivity index (χ0n) is 15.7. The number of amides is 1. The van der Waals surface area contributed by atoms with Crippen LogP contribution in [0.2, 0.25) is 0 Å². The number of rotatable bonds is 5. The molecule has 4 rings (SSSR count). The first kappa shape index (κ1) is 18.1. The summed E-state index contributed by atoms with van der Waals surface area (Å²) in [6, 6.07) is 5.65. The monoisotopic (exact) mass is 378 g/mol. The number of likely N-dealkylation sites (tertiary alicyclic amines) is 1. The fourth-order valence-electron chi connectivity index (χ4n) is 3.43. The molecule has 3 aromatic rings. The van der Waals surface area contributed by atoms with Gasteiger partial charge in [-0.2, -0.15) is 0 Å². The van der Waals surface area contributed by atoms with Crippen LogP contribution in [0, 0.1) is 0 Å². The standard InChI is InChI=1S/C20H22N6O2/c1-2-28-19-11-18(23-13-24-19)25-14-5-9-26(10-6-14)20(27)15-3-8-22-17-4-7-21-12-16(15)17/h3-4,7-8,11-14H,2,5-6,9-10H2,1H3,(H,23,24,25). The number of hydrogen-bond acceptors (Lipinski definition) is 7. The van der Waals surface area contributed by atoms with Crippen LogP contribution >= 0.6 is 0 Å². The molecule has 3 aromatic heterocycles. The number of nitrogens with zero attached hydrogens (tertiary/aromatic N) is 5. The number of piperidine rings is 1. The fraction of sp³-hybridized carbons (Fsp3) is 0.350. The maximum absolute atomic E-state index is 13.0. The van der Waals surface area contributed by atoms with Gasteiger partial charge in [0.05, 0.1) is 17.7 Å². The van der Waals surface area contributed by atoms with E-state index >= 15 is 0 Å². The molecule has 8 nitrogen and oxygen atoms in total. The van der Waals surface area contributed by atoms with Crippen molar-refractivity contribution in [3.05, 3.63) is 48.7 Å². The molecule has 0 aliphatic carbocycles. The average molecular weight is 378 g/mol. The Labute approximate surface area is 163 Å². The second kappa shape index (κ2) is 8.16. The lowest BCUT2D eigenvalue weighted by molar-refractivity contribution is 0.0720. The van der Waals surface area contributed by atoms with Gasteiger partial charge in [-0.05, 0) is 31.9 Å². The van der Waals surface area contributed by atoms with Gasteiger partial charge in [0.1, 0.15) is 12.1 Å². The van der Waals surface area contributed by atoms with Crippen LogP contribution in [0.5, 0.6) is 5.88 Å². The number of fused-ring (bicyclic) bond motifs is 1. The summed E-state index contributed by atoms with van der Waals surface area (Å²) in [6.45, 7) is 3.86. The molecule has 1 saturated heterocycles. The first-order chi connectivity index (χ1) is 13.7. The summed E-state index contributed by atoms with van der Waals surface area (Å²) < 4.78 is 5.41. The van der Waals surface area contributed by atoms with Crippen LogP contribution in [0.3, 0.4) is 0 Å². The normalized spacial score (nSPS) is 14.8. The van der Waals surface area contributed by atoms with Gasteiger partial charge in [0.15, 0.2) is 0 Å². The topological polar surface area (TPSA) is 93.1 Å². The van der Waals surface area contributed by atoms with E-state index in [4.69, 9.17) is 4.74 Å². The van der Waals surface area contributed by atoms with Crippen molar-refractivity contribution in [2.24, 2.45) is 0 Å². The molecule has 0 saturated carbocycles. The Hall–Kier alpha value is -3.29. The lowest BCUT2D eigenvalue weighted by Gasteiger charge is -2.32. The van der Waals surface area contributed by atoms with Crippen molar-refractivity contribution in [2.45, 2.75) is 25.8 Å². The molecular formula is C20H22N6O2. The highest BCUT2D eigenvalue weighted by Crippen LogP contribution is 2.21. The summed E-state index contributed by atoms with van der Waals surface area (Å²) >= 11 is 0. The molecule has 1 aliphatic heterocycles. The molecule has 0 spiro atoms. The van der Waals surface area contributed by atoms with Gasteiger partial charge in [0.2, 0.25) is 5.88 Å². The van der Waals surface area contributed by atoms with Gasteiger partial charge in [0, 0.05) is 49.2 Å². The largest absolute Gasteiger partial charge is 0.478 e. The average Bonchev–Trinajstić information content (AvgIpc) is 2.74. The van der Waals surface area contributed by atoms with Gasteiger partial charge in [-0.3, -0.25) is 14.8 Å². The minimum absolute atomic E-state index is 0.0273. The summed E-state index contributed by atoms with van der Waals surface area (Å²) in [5, 5.41) is 4.21. The number of nitrogens with one attached hydrogen (secondary N) is 1. The van der Waals surface area contributed by atoms with Crippen molar-refractivity contribution < 1.29 is 9.53 Å². The molecule has 0 aromatic carbocycles. The zero-order valence-corrected chi connectivity index (χ0v) is 15.7. The molecule has 8 heteroatoms. The van der Waals surface area contributed by atoms with Gasteiger partial charge in [-0.1, -0.05) is 0 Å². The van der Waals surface area contributed by atoms with E-state index in [2.05, 4.69) is 25.3 Å². The molecule has 4 heterocycles. The number of pyridine rings is 2. The van der Waals surface area contributed by atoms with Crippen molar-refractivity contribution in [2.75, 3.05) is 25.0 Å². The molecule has 1 amide bonds. The molecule has 0 radical (unpaired) electrons. The van der Waals surface area contributed by atoms with Crippen LogP contribution < -0.4 is 10.1 Å². The molecule has 1 aliphatic rings. The van der Waals surface area contributed by atoms with Crippen LogP contribution in [0.4, 0.5) is 5.82 Å². The Morgan fingerprint density at radius 3 is 2.89 bits per heavy atom. The maximum atomic E-state index is 13.0. The molecule has 144 valence electrons. The second-order valence-electron chi connectivity index (χ2n) is 6.64. The highest BCUT2D eigenvalue weighted by Gasteiger charge is 2.25. The highest BCUT2D eigenvalue weighted by atomic mass is 16.5. The number of carbonyl (C=O) groups excluding carboxylic acids is 1. The van der Waals surface area contributed by atoms with Gasteiger partial charge in [0.25, 0.3) is 5.91 Å². The van der Waals surface area contributed by atoms with E-state index in [9.17, 15) is 4.79 Å². The minimum atomic E-state index is 0.0273. The third kappa shape index (κ3) is 3.85. The fourth-order valence-corrected chi connectivity index (χ4v) is 3.43. The minimum Gasteiger partial charge on any atom is -0.478 e. The van der Waals surface area contributed by atoms with Gasteiger partial charge in [-0.25, -0.2) is 9.97 Å². The Balaban J connectivity index is 1.40. The van der Waals surface area contributed by atoms with E-state index in [1.807, 2.05) is 17.9 Å². The quantitative estimate of drug-likeness (QED) is 0.729. The zero-order chi connectivity index (χ0) is 19.3. The third-order valence-electron chi connectivity index (χ3n) is 4.84. The van der Waals surface area contributed by atoms with Crippen molar-refractivity contribution in [1.82, 2.24) is 24.8 Å². The van der Waals surface area contributed by atoms with E-state index in [0.717, 1.165) is 29.6 Å². The Bertz CT molecular complexity index is 966. The Kier molecular flexibility index (Phi) is 5.27. The number of hydrogen-bond donors (Lipinski definition) is 1. The summed E-state index contributed by atoms with van der Waals surface area (Å²) in [5.41, 5.74) is 1.44. The van der Waals surface area contributed by atoms with Crippen LogP contribution in [0.25, 0.3) is 10.9 Å². The summed E-state index contributed by atoms with van der Waals surface area (Å²) in [7, 11) is 0. The van der Waals surface area contributed by atoms with Crippen molar-refractivity contribution >= 4 is 22.6 Å². The van der Waals surface area contributed by atoms with Crippen molar-refractivity contribution in [3.8, 4) is 5.88 Å². The van der Waals surface area contributed by atoms with E-state index in [1.165, 1.54) is 6.33 Å². The molecule has 1 N–H and O–H groups in total. The summed E-state index contributed by atoms with van der Waals surface area (Å²) in [6.07, 6.45) is 8.26. The summed E-state index contributed by atoms with van der Waals surface area (Å²) in [5.74, 6) is 1.33. The molecule has 0 unspecified atom stereocenters. The van der Waals surface area contributed by atoms with Crippen LogP contribution in [-0.4, -0.2) is 56.5 Å². The van der Waals surface area contributed by atoms with Crippen LogP contribution in [0.1, 0.15) is 30.1 Å². The lowest BCUT2D eigenvalue weighted by atomic mass is 10.0. The van der Waals surface area contributed by atoms with Crippen LogP contribution in [0.15, 0.2) is 43.1 Å². The molecule has 0 bridgehead atoms. The van der Waals surface area contributed by atoms with E-state index in [-0.39, 0.29) is 11.9 Å². The SMILES string of the molecule is CCOc1cc(NC2CCN(C(=O)c3ccnc4ccncc34)CC2)ncn1. The maximum Gasteiger partial charge on any atom is 0.254 e. The molecule has 0 atom stereocenters. The van der Waals surface area contributed by atoms with Crippen molar-refractivity contribution in [3.63, 3.8) is 0 Å². The number of ether oxygens (including phenoxy) is 1. The number of carbonyl (C=O) groups is 1. The van der Waals surface area contributed by atoms with Gasteiger partial charge >= 0.3 is 0 Å².